The summed E-state index contributed by atoms with van der Waals surface area (Å²) in [7, 11) is 0. The number of benzene rings is 1. The highest BCUT2D eigenvalue weighted by atomic mass is 16.5. The molecule has 0 spiro atoms. The summed E-state index contributed by atoms with van der Waals surface area (Å²) in [5.41, 5.74) is 11.3. The summed E-state index contributed by atoms with van der Waals surface area (Å²) in [6.45, 7) is 0. The maximum Gasteiger partial charge on any atom is 0.324 e. The third kappa shape index (κ3) is 2.14. The van der Waals surface area contributed by atoms with Crippen LogP contribution in [-0.2, 0) is 0 Å². The predicted octanol–water partition coefficient (Wildman–Crippen LogP) is 1.43. The first-order valence-electron chi connectivity index (χ1n) is 4.36. The first kappa shape index (κ1) is 9.26. The van der Waals surface area contributed by atoms with E-state index >= 15 is 0 Å². The third-order valence-corrected chi connectivity index (χ3v) is 1.78. The number of hydrogen-bond donors (Lipinski definition) is 2. The summed E-state index contributed by atoms with van der Waals surface area (Å²) in [4.78, 5) is 7.78. The van der Waals surface area contributed by atoms with Gasteiger partial charge in [0.1, 0.15) is 5.75 Å². The van der Waals surface area contributed by atoms with Crippen LogP contribution in [0.15, 0.2) is 36.5 Å². The molecule has 0 aliphatic rings. The number of hydrogen-bond acceptors (Lipinski definition) is 5. The Kier molecular flexibility index (Phi) is 2.37. The first-order chi connectivity index (χ1) is 7.25. The minimum absolute atomic E-state index is 0.188. The summed E-state index contributed by atoms with van der Waals surface area (Å²) >= 11 is 0. The van der Waals surface area contributed by atoms with Gasteiger partial charge in [0.15, 0.2) is 5.82 Å². The first-order valence-corrected chi connectivity index (χ1v) is 4.36. The lowest BCUT2D eigenvalue weighted by Crippen LogP contribution is -2.01. The van der Waals surface area contributed by atoms with Gasteiger partial charge in [-0.3, -0.25) is 0 Å². The highest BCUT2D eigenvalue weighted by Gasteiger charge is 2.02. The topological polar surface area (TPSA) is 87.0 Å². The van der Waals surface area contributed by atoms with Crippen LogP contribution in [0, 0.1) is 0 Å². The standard InChI is InChI=1S/C10H10N4O/c11-8-6-13-10(14-9(8)12)15-7-4-2-1-3-5-7/h1-6H,11H2,(H2,12,13,14). The minimum Gasteiger partial charge on any atom is -0.424 e. The van der Waals surface area contributed by atoms with E-state index in [9.17, 15) is 0 Å². The second-order valence-corrected chi connectivity index (χ2v) is 2.91. The van der Waals surface area contributed by atoms with Crippen LogP contribution in [0.5, 0.6) is 11.8 Å². The summed E-state index contributed by atoms with van der Waals surface area (Å²) < 4.78 is 5.36. The van der Waals surface area contributed by atoms with Crippen LogP contribution in [0.3, 0.4) is 0 Å². The fraction of sp³-hybridized carbons (Fsp3) is 0. The lowest BCUT2D eigenvalue weighted by atomic mass is 10.3. The van der Waals surface area contributed by atoms with Gasteiger partial charge in [0, 0.05) is 0 Å². The number of nitrogen functional groups attached to an aromatic ring is 2. The van der Waals surface area contributed by atoms with E-state index in [1.165, 1.54) is 6.20 Å². The molecule has 0 aliphatic carbocycles. The zero-order chi connectivity index (χ0) is 10.7. The summed E-state index contributed by atoms with van der Waals surface area (Å²) in [5.74, 6) is 0.873. The molecule has 76 valence electrons. The molecule has 15 heavy (non-hydrogen) atoms. The zero-order valence-electron chi connectivity index (χ0n) is 7.92. The Morgan fingerprint density at radius 3 is 2.47 bits per heavy atom. The number of anilines is 2. The molecular formula is C10H10N4O. The maximum absolute atomic E-state index is 5.52. The van der Waals surface area contributed by atoms with Crippen molar-refractivity contribution in [2.75, 3.05) is 11.5 Å². The highest BCUT2D eigenvalue weighted by Crippen LogP contribution is 2.19. The van der Waals surface area contributed by atoms with Crippen LogP contribution in [0.1, 0.15) is 0 Å². The Balaban J connectivity index is 2.22. The maximum atomic E-state index is 5.52. The Labute approximate surface area is 86.7 Å². The van der Waals surface area contributed by atoms with Crippen molar-refractivity contribution in [3.05, 3.63) is 36.5 Å². The third-order valence-electron chi connectivity index (χ3n) is 1.78. The molecule has 0 saturated heterocycles. The van der Waals surface area contributed by atoms with E-state index in [-0.39, 0.29) is 11.8 Å². The Bertz CT molecular complexity index is 458. The molecule has 0 fully saturated rings. The molecule has 0 amide bonds. The van der Waals surface area contributed by atoms with E-state index in [1.54, 1.807) is 12.1 Å². The van der Waals surface area contributed by atoms with Gasteiger partial charge in [0.25, 0.3) is 0 Å². The summed E-state index contributed by atoms with van der Waals surface area (Å²) in [6.07, 6.45) is 1.42. The van der Waals surface area contributed by atoms with Crippen LogP contribution in [0.4, 0.5) is 11.5 Å². The molecule has 1 aromatic heterocycles. The SMILES string of the molecule is Nc1cnc(Oc2ccccc2)nc1N. The molecule has 1 heterocycles. The van der Waals surface area contributed by atoms with E-state index in [0.717, 1.165) is 0 Å². The van der Waals surface area contributed by atoms with Gasteiger partial charge < -0.3 is 16.2 Å². The molecule has 4 N–H and O–H groups in total. The van der Waals surface area contributed by atoms with Crippen LogP contribution in [0.2, 0.25) is 0 Å². The zero-order valence-corrected chi connectivity index (χ0v) is 7.92. The monoisotopic (exact) mass is 202 g/mol. The summed E-state index contributed by atoms with van der Waals surface area (Å²) in [6, 6.07) is 9.40. The number of aromatic nitrogens is 2. The van der Waals surface area contributed by atoms with Gasteiger partial charge in [0.2, 0.25) is 0 Å². The minimum atomic E-state index is 0.188. The molecule has 1 aromatic carbocycles. The lowest BCUT2D eigenvalue weighted by molar-refractivity contribution is 0.443. The van der Waals surface area contributed by atoms with Gasteiger partial charge in [-0.05, 0) is 12.1 Å². The molecule has 0 radical (unpaired) electrons. The fourth-order valence-corrected chi connectivity index (χ4v) is 1.03. The van der Waals surface area contributed by atoms with Gasteiger partial charge in [-0.2, -0.15) is 4.98 Å². The second-order valence-electron chi connectivity index (χ2n) is 2.91. The van der Waals surface area contributed by atoms with Crippen molar-refractivity contribution in [1.29, 1.82) is 0 Å². The van der Waals surface area contributed by atoms with Gasteiger partial charge in [0.05, 0.1) is 11.9 Å². The average molecular weight is 202 g/mol. The molecule has 0 aliphatic heterocycles. The smallest absolute Gasteiger partial charge is 0.324 e. The molecule has 0 bridgehead atoms. The Morgan fingerprint density at radius 2 is 1.80 bits per heavy atom. The molecule has 0 atom stereocenters. The molecular weight excluding hydrogens is 192 g/mol. The van der Waals surface area contributed by atoms with Crippen molar-refractivity contribution in [2.24, 2.45) is 0 Å². The molecule has 2 rings (SSSR count). The number of nitrogens with two attached hydrogens (primary N) is 2. The Morgan fingerprint density at radius 1 is 1.07 bits per heavy atom. The van der Waals surface area contributed by atoms with E-state index in [0.29, 0.717) is 11.4 Å². The quantitative estimate of drug-likeness (QED) is 0.769. The van der Waals surface area contributed by atoms with Gasteiger partial charge in [-0.15, -0.1) is 0 Å². The lowest BCUT2D eigenvalue weighted by Gasteiger charge is -2.04. The van der Waals surface area contributed by atoms with Crippen molar-refractivity contribution in [2.45, 2.75) is 0 Å². The molecule has 5 heteroatoms. The van der Waals surface area contributed by atoms with Crippen LogP contribution in [-0.4, -0.2) is 9.97 Å². The number of ether oxygens (including phenoxy) is 1. The Hall–Kier alpha value is -2.30. The molecule has 2 aromatic rings. The van der Waals surface area contributed by atoms with Crippen molar-refractivity contribution in [3.63, 3.8) is 0 Å². The summed E-state index contributed by atoms with van der Waals surface area (Å²) in [5, 5.41) is 0. The van der Waals surface area contributed by atoms with Crippen molar-refractivity contribution < 1.29 is 4.74 Å². The van der Waals surface area contributed by atoms with Crippen molar-refractivity contribution >= 4 is 11.5 Å². The van der Waals surface area contributed by atoms with Crippen molar-refractivity contribution in [3.8, 4) is 11.8 Å². The second kappa shape index (κ2) is 3.83. The fourth-order valence-electron chi connectivity index (χ4n) is 1.03. The van der Waals surface area contributed by atoms with E-state index < -0.39 is 0 Å². The molecule has 0 saturated carbocycles. The van der Waals surface area contributed by atoms with Gasteiger partial charge in [-0.1, -0.05) is 18.2 Å². The highest BCUT2D eigenvalue weighted by molar-refractivity contribution is 5.56. The normalized spacial score (nSPS) is 9.87. The molecule has 0 unspecified atom stereocenters. The van der Waals surface area contributed by atoms with Crippen LogP contribution in [0.25, 0.3) is 0 Å². The van der Waals surface area contributed by atoms with E-state index in [4.69, 9.17) is 16.2 Å². The van der Waals surface area contributed by atoms with E-state index in [2.05, 4.69) is 9.97 Å². The number of rotatable bonds is 2. The largest absolute Gasteiger partial charge is 0.424 e. The van der Waals surface area contributed by atoms with E-state index in [1.807, 2.05) is 18.2 Å². The van der Waals surface area contributed by atoms with Crippen LogP contribution < -0.4 is 16.2 Å². The molecule has 5 nitrogen and oxygen atoms in total. The van der Waals surface area contributed by atoms with Crippen LogP contribution >= 0.6 is 0 Å². The number of para-hydroxylation sites is 1. The van der Waals surface area contributed by atoms with Gasteiger partial charge in [-0.25, -0.2) is 4.98 Å². The number of nitrogens with zero attached hydrogens (tertiary/aromatic N) is 2. The predicted molar refractivity (Wildman–Crippen MR) is 57.4 cm³/mol. The van der Waals surface area contributed by atoms with Gasteiger partial charge >= 0.3 is 6.01 Å². The van der Waals surface area contributed by atoms with Crippen molar-refractivity contribution in [1.82, 2.24) is 9.97 Å². The average Bonchev–Trinajstić information content (AvgIpc) is 2.25.